The van der Waals surface area contributed by atoms with Gasteiger partial charge in [0, 0.05) is 0 Å². The first-order valence-electron chi connectivity index (χ1n) is 3.83. The third kappa shape index (κ3) is 1.90. The Labute approximate surface area is 75.6 Å². The molecule has 0 saturated heterocycles. The van der Waals surface area contributed by atoms with Gasteiger partial charge < -0.3 is 15.9 Å². The van der Waals surface area contributed by atoms with E-state index >= 15 is 0 Å². The fourth-order valence-corrected chi connectivity index (χ4v) is 0.985. The maximum absolute atomic E-state index is 10.6. The zero-order valence-corrected chi connectivity index (χ0v) is 7.19. The highest BCUT2D eigenvalue weighted by molar-refractivity contribution is 5.76. The van der Waals surface area contributed by atoms with E-state index in [1.807, 2.05) is 0 Å². The van der Waals surface area contributed by atoms with Crippen molar-refractivity contribution in [1.29, 1.82) is 0 Å². The van der Waals surface area contributed by atoms with Crippen molar-refractivity contribution in [3.8, 4) is 5.75 Å². The van der Waals surface area contributed by atoms with Crippen LogP contribution in [0.2, 0.25) is 0 Å². The van der Waals surface area contributed by atoms with Gasteiger partial charge in [0.2, 0.25) is 0 Å². The van der Waals surface area contributed by atoms with Gasteiger partial charge in [-0.05, 0) is 24.6 Å². The number of benzene rings is 1. The Morgan fingerprint density at radius 1 is 1.54 bits per heavy atom. The van der Waals surface area contributed by atoms with E-state index in [9.17, 15) is 4.79 Å². The number of phenolic OH excluding ortho intramolecular Hbond substituents is 1. The molecule has 0 aliphatic carbocycles. The summed E-state index contributed by atoms with van der Waals surface area (Å²) in [6.45, 7) is 1.56. The Bertz CT molecular complexity index is 336. The molecule has 1 aromatic rings. The quantitative estimate of drug-likeness (QED) is 0.472. The molecule has 0 radical (unpaired) electrons. The third-order valence-corrected chi connectivity index (χ3v) is 1.92. The van der Waals surface area contributed by atoms with E-state index in [2.05, 4.69) is 0 Å². The van der Waals surface area contributed by atoms with Gasteiger partial charge in [-0.1, -0.05) is 6.07 Å². The number of hydrogen-bond donors (Lipinski definition) is 3. The number of anilines is 1. The smallest absolute Gasteiger partial charge is 0.310 e. The highest BCUT2D eigenvalue weighted by Gasteiger charge is 2.14. The summed E-state index contributed by atoms with van der Waals surface area (Å²) in [7, 11) is 0. The Morgan fingerprint density at radius 3 is 2.62 bits per heavy atom. The van der Waals surface area contributed by atoms with Gasteiger partial charge in [-0.2, -0.15) is 0 Å². The highest BCUT2D eigenvalue weighted by Crippen LogP contribution is 2.24. The normalized spacial score (nSPS) is 12.4. The summed E-state index contributed by atoms with van der Waals surface area (Å²) in [6.07, 6.45) is 0. The Hall–Kier alpha value is -1.71. The molecule has 0 fully saturated rings. The van der Waals surface area contributed by atoms with Gasteiger partial charge in [-0.25, -0.2) is 0 Å². The number of carbonyl (C=O) groups is 1. The molecule has 4 N–H and O–H groups in total. The molecular formula is C9H11NO3. The van der Waals surface area contributed by atoms with Crippen LogP contribution < -0.4 is 5.73 Å². The summed E-state index contributed by atoms with van der Waals surface area (Å²) in [5.41, 5.74) is 6.20. The van der Waals surface area contributed by atoms with Crippen molar-refractivity contribution in [1.82, 2.24) is 0 Å². The number of hydrogen-bond acceptors (Lipinski definition) is 3. The Morgan fingerprint density at radius 2 is 2.15 bits per heavy atom. The van der Waals surface area contributed by atoms with Gasteiger partial charge >= 0.3 is 5.97 Å². The summed E-state index contributed by atoms with van der Waals surface area (Å²) in [5, 5.41) is 17.8. The van der Waals surface area contributed by atoms with Crippen LogP contribution in [0.1, 0.15) is 18.4 Å². The molecule has 0 aliphatic rings. The molecule has 0 heterocycles. The number of carboxylic acids is 1. The lowest BCUT2D eigenvalue weighted by Gasteiger charge is -2.07. The average molecular weight is 181 g/mol. The van der Waals surface area contributed by atoms with Crippen LogP contribution in [-0.4, -0.2) is 16.2 Å². The number of aliphatic carboxylic acids is 1. The maximum atomic E-state index is 10.6. The molecule has 0 bridgehead atoms. The second-order valence-electron chi connectivity index (χ2n) is 2.88. The molecule has 13 heavy (non-hydrogen) atoms. The number of rotatable bonds is 2. The van der Waals surface area contributed by atoms with Crippen molar-refractivity contribution in [3.63, 3.8) is 0 Å². The van der Waals surface area contributed by atoms with Crippen molar-refractivity contribution in [2.45, 2.75) is 12.8 Å². The molecule has 1 unspecified atom stereocenters. The lowest BCUT2D eigenvalue weighted by atomic mass is 10.0. The molecule has 70 valence electrons. The zero-order chi connectivity index (χ0) is 10.0. The first kappa shape index (κ1) is 9.38. The molecule has 0 spiro atoms. The van der Waals surface area contributed by atoms with Crippen LogP contribution in [0.4, 0.5) is 5.69 Å². The van der Waals surface area contributed by atoms with Crippen LogP contribution in [0.25, 0.3) is 0 Å². The second kappa shape index (κ2) is 3.35. The van der Waals surface area contributed by atoms with Gasteiger partial charge in [0.1, 0.15) is 5.75 Å². The summed E-state index contributed by atoms with van der Waals surface area (Å²) in [6, 6.07) is 4.41. The van der Waals surface area contributed by atoms with Gasteiger partial charge in [-0.15, -0.1) is 0 Å². The average Bonchev–Trinajstić information content (AvgIpc) is 2.08. The van der Waals surface area contributed by atoms with Gasteiger partial charge in [0.25, 0.3) is 0 Å². The fraction of sp³-hybridized carbons (Fsp3) is 0.222. The predicted molar refractivity (Wildman–Crippen MR) is 48.6 cm³/mol. The van der Waals surface area contributed by atoms with Gasteiger partial charge in [0.05, 0.1) is 11.6 Å². The van der Waals surface area contributed by atoms with E-state index in [1.165, 1.54) is 12.1 Å². The molecule has 1 rings (SSSR count). The monoisotopic (exact) mass is 181 g/mol. The SMILES string of the molecule is CC(C(=O)O)c1ccc(O)c(N)c1. The first-order valence-corrected chi connectivity index (χ1v) is 3.83. The number of nitrogens with two attached hydrogens (primary N) is 1. The number of phenols is 1. The molecule has 0 aromatic heterocycles. The van der Waals surface area contributed by atoms with E-state index in [0.29, 0.717) is 5.56 Å². The Kier molecular flexibility index (Phi) is 2.41. The van der Waals surface area contributed by atoms with Crippen LogP contribution >= 0.6 is 0 Å². The van der Waals surface area contributed by atoms with Crippen LogP contribution in [0.3, 0.4) is 0 Å². The molecule has 4 nitrogen and oxygen atoms in total. The molecule has 0 aliphatic heterocycles. The summed E-state index contributed by atoms with van der Waals surface area (Å²) < 4.78 is 0. The van der Waals surface area contributed by atoms with Gasteiger partial charge in [-0.3, -0.25) is 4.79 Å². The van der Waals surface area contributed by atoms with E-state index in [1.54, 1.807) is 13.0 Å². The van der Waals surface area contributed by atoms with Crippen molar-refractivity contribution < 1.29 is 15.0 Å². The Balaban J connectivity index is 3.03. The summed E-state index contributed by atoms with van der Waals surface area (Å²) in [4.78, 5) is 10.6. The number of carboxylic acid groups (broad SMARTS) is 1. The molecule has 1 atom stereocenters. The topological polar surface area (TPSA) is 83.5 Å². The fourth-order valence-electron chi connectivity index (χ4n) is 0.985. The van der Waals surface area contributed by atoms with Crippen molar-refractivity contribution in [3.05, 3.63) is 23.8 Å². The minimum absolute atomic E-state index is 0.0265. The largest absolute Gasteiger partial charge is 0.506 e. The number of nitrogen functional groups attached to an aromatic ring is 1. The zero-order valence-electron chi connectivity index (χ0n) is 7.19. The van der Waals surface area contributed by atoms with Crippen LogP contribution in [-0.2, 0) is 4.79 Å². The van der Waals surface area contributed by atoms with E-state index in [4.69, 9.17) is 15.9 Å². The lowest BCUT2D eigenvalue weighted by molar-refractivity contribution is -0.138. The molecule has 0 amide bonds. The molecular weight excluding hydrogens is 170 g/mol. The first-order chi connectivity index (χ1) is 6.02. The standard InChI is InChI=1S/C9H11NO3/c1-5(9(12)13)6-2-3-8(11)7(10)4-6/h2-5,11H,10H2,1H3,(H,12,13). The maximum Gasteiger partial charge on any atom is 0.310 e. The van der Waals surface area contributed by atoms with E-state index in [-0.39, 0.29) is 11.4 Å². The van der Waals surface area contributed by atoms with Gasteiger partial charge in [0.15, 0.2) is 0 Å². The molecule has 0 saturated carbocycles. The summed E-state index contributed by atoms with van der Waals surface area (Å²) in [5.74, 6) is -1.55. The van der Waals surface area contributed by atoms with Crippen molar-refractivity contribution in [2.24, 2.45) is 0 Å². The van der Waals surface area contributed by atoms with E-state index < -0.39 is 11.9 Å². The predicted octanol–water partition coefficient (Wildman–Crippen LogP) is 1.16. The number of aromatic hydroxyl groups is 1. The van der Waals surface area contributed by atoms with Crippen LogP contribution in [0, 0.1) is 0 Å². The molecule has 1 aromatic carbocycles. The van der Waals surface area contributed by atoms with Crippen LogP contribution in [0.5, 0.6) is 5.75 Å². The second-order valence-corrected chi connectivity index (χ2v) is 2.88. The minimum atomic E-state index is -0.912. The summed E-state index contributed by atoms with van der Waals surface area (Å²) >= 11 is 0. The van der Waals surface area contributed by atoms with E-state index in [0.717, 1.165) is 0 Å². The minimum Gasteiger partial charge on any atom is -0.506 e. The molecule has 4 heteroatoms. The highest BCUT2D eigenvalue weighted by atomic mass is 16.4. The van der Waals surface area contributed by atoms with Crippen LogP contribution in [0.15, 0.2) is 18.2 Å². The third-order valence-electron chi connectivity index (χ3n) is 1.92. The van der Waals surface area contributed by atoms with Crippen molar-refractivity contribution >= 4 is 11.7 Å². The lowest BCUT2D eigenvalue weighted by Crippen LogP contribution is -2.07. The van der Waals surface area contributed by atoms with Crippen molar-refractivity contribution in [2.75, 3.05) is 5.73 Å².